The second kappa shape index (κ2) is 5.51. The molecule has 7 nitrogen and oxygen atoms in total. The molecule has 0 aliphatic rings. The number of fused-ring (bicyclic) bond motifs is 1. The molecule has 22 heavy (non-hydrogen) atoms. The SMILES string of the molecule is CC(C)n1nc(-c2ccc(CC=O)cn2)c2c(N)ncnc21. The fraction of sp³-hybridized carbons (Fsp3) is 0.267. The Labute approximate surface area is 127 Å². The minimum Gasteiger partial charge on any atom is -0.383 e. The molecule has 0 saturated carbocycles. The van der Waals surface area contributed by atoms with Gasteiger partial charge in [0.1, 0.15) is 24.1 Å². The molecule has 0 aliphatic carbocycles. The van der Waals surface area contributed by atoms with Crippen molar-refractivity contribution in [3.05, 3.63) is 30.2 Å². The lowest BCUT2D eigenvalue weighted by Crippen LogP contribution is -2.04. The molecule has 0 aromatic carbocycles. The molecular formula is C15H16N6O. The summed E-state index contributed by atoms with van der Waals surface area (Å²) in [4.78, 5) is 23.3. The van der Waals surface area contributed by atoms with Crippen LogP contribution in [-0.2, 0) is 11.2 Å². The van der Waals surface area contributed by atoms with Gasteiger partial charge in [-0.1, -0.05) is 6.07 Å². The fourth-order valence-electron chi connectivity index (χ4n) is 2.32. The van der Waals surface area contributed by atoms with E-state index in [0.717, 1.165) is 11.8 Å². The average molecular weight is 296 g/mol. The molecule has 0 spiro atoms. The number of aldehydes is 1. The molecule has 0 fully saturated rings. The van der Waals surface area contributed by atoms with Gasteiger partial charge in [-0.25, -0.2) is 14.6 Å². The topological polar surface area (TPSA) is 99.6 Å². The van der Waals surface area contributed by atoms with Crippen molar-refractivity contribution >= 4 is 23.1 Å². The second-order valence-corrected chi connectivity index (χ2v) is 5.27. The van der Waals surface area contributed by atoms with Crippen LogP contribution in [0, 0.1) is 0 Å². The number of nitrogens with two attached hydrogens (primary N) is 1. The van der Waals surface area contributed by atoms with Crippen LogP contribution in [-0.4, -0.2) is 31.0 Å². The van der Waals surface area contributed by atoms with Crippen LogP contribution in [0.5, 0.6) is 0 Å². The average Bonchev–Trinajstić information content (AvgIpc) is 2.90. The molecule has 0 saturated heterocycles. The Morgan fingerprint density at radius 3 is 2.73 bits per heavy atom. The van der Waals surface area contributed by atoms with Gasteiger partial charge in [0.25, 0.3) is 0 Å². The minimum absolute atomic E-state index is 0.139. The molecule has 3 aromatic heterocycles. The molecule has 0 atom stereocenters. The standard InChI is InChI=1S/C15H16N6O/c1-9(2)21-15-12(14(16)18-8-19-15)13(20-21)11-4-3-10(5-6-22)7-17-11/h3-4,6-9H,5H2,1-2H3,(H2,16,18,19). The Balaban J connectivity index is 2.19. The number of nitrogens with zero attached hydrogens (tertiary/aromatic N) is 5. The molecule has 0 radical (unpaired) electrons. The summed E-state index contributed by atoms with van der Waals surface area (Å²) in [5.74, 6) is 0.380. The van der Waals surface area contributed by atoms with E-state index in [2.05, 4.69) is 20.1 Å². The zero-order chi connectivity index (χ0) is 15.7. The number of aromatic nitrogens is 5. The van der Waals surface area contributed by atoms with E-state index in [4.69, 9.17) is 5.73 Å². The highest BCUT2D eigenvalue weighted by atomic mass is 16.1. The number of rotatable bonds is 4. The van der Waals surface area contributed by atoms with Crippen molar-refractivity contribution in [2.24, 2.45) is 0 Å². The van der Waals surface area contributed by atoms with Gasteiger partial charge < -0.3 is 10.5 Å². The molecule has 3 rings (SSSR count). The van der Waals surface area contributed by atoms with Crippen LogP contribution in [0.2, 0.25) is 0 Å². The maximum atomic E-state index is 10.6. The third kappa shape index (κ3) is 2.30. The van der Waals surface area contributed by atoms with E-state index in [0.29, 0.717) is 34.7 Å². The smallest absolute Gasteiger partial charge is 0.164 e. The Bertz CT molecular complexity index is 822. The number of anilines is 1. The van der Waals surface area contributed by atoms with Crippen molar-refractivity contribution < 1.29 is 4.79 Å². The third-order valence-electron chi connectivity index (χ3n) is 3.39. The summed E-state index contributed by atoms with van der Waals surface area (Å²) in [6.45, 7) is 4.05. The summed E-state index contributed by atoms with van der Waals surface area (Å²) in [7, 11) is 0. The first-order valence-corrected chi connectivity index (χ1v) is 6.99. The Hall–Kier alpha value is -2.83. The zero-order valence-electron chi connectivity index (χ0n) is 12.4. The lowest BCUT2D eigenvalue weighted by Gasteiger charge is -2.05. The highest BCUT2D eigenvalue weighted by Crippen LogP contribution is 2.30. The van der Waals surface area contributed by atoms with Crippen LogP contribution in [0.1, 0.15) is 25.5 Å². The summed E-state index contributed by atoms with van der Waals surface area (Å²) >= 11 is 0. The molecular weight excluding hydrogens is 280 g/mol. The quantitative estimate of drug-likeness (QED) is 0.737. The molecule has 7 heteroatoms. The largest absolute Gasteiger partial charge is 0.383 e. The first kappa shape index (κ1) is 14.1. The Morgan fingerprint density at radius 2 is 2.09 bits per heavy atom. The number of carbonyl (C=O) groups excluding carboxylic acids is 1. The highest BCUT2D eigenvalue weighted by molar-refractivity contribution is 5.97. The lowest BCUT2D eigenvalue weighted by molar-refractivity contribution is -0.107. The van der Waals surface area contributed by atoms with Gasteiger partial charge in [0.05, 0.1) is 11.1 Å². The summed E-state index contributed by atoms with van der Waals surface area (Å²) in [6, 6.07) is 3.83. The first-order valence-electron chi connectivity index (χ1n) is 6.99. The maximum Gasteiger partial charge on any atom is 0.164 e. The number of hydrogen-bond donors (Lipinski definition) is 1. The van der Waals surface area contributed by atoms with Gasteiger partial charge in [0.15, 0.2) is 5.65 Å². The number of carbonyl (C=O) groups is 1. The number of nitrogen functional groups attached to an aromatic ring is 1. The molecule has 3 aromatic rings. The van der Waals surface area contributed by atoms with Crippen molar-refractivity contribution in [2.45, 2.75) is 26.3 Å². The van der Waals surface area contributed by atoms with E-state index >= 15 is 0 Å². The van der Waals surface area contributed by atoms with E-state index in [-0.39, 0.29) is 6.04 Å². The maximum absolute atomic E-state index is 10.6. The van der Waals surface area contributed by atoms with Crippen LogP contribution in [0.3, 0.4) is 0 Å². The third-order valence-corrected chi connectivity index (χ3v) is 3.39. The summed E-state index contributed by atoms with van der Waals surface area (Å²) in [5, 5.41) is 5.30. The van der Waals surface area contributed by atoms with E-state index in [1.54, 1.807) is 6.20 Å². The van der Waals surface area contributed by atoms with Crippen molar-refractivity contribution in [2.75, 3.05) is 5.73 Å². The number of hydrogen-bond acceptors (Lipinski definition) is 6. The first-order chi connectivity index (χ1) is 10.6. The van der Waals surface area contributed by atoms with Gasteiger partial charge in [-0.3, -0.25) is 4.98 Å². The van der Waals surface area contributed by atoms with E-state index in [1.807, 2.05) is 30.7 Å². The van der Waals surface area contributed by atoms with Crippen LogP contribution in [0.25, 0.3) is 22.4 Å². The second-order valence-electron chi connectivity index (χ2n) is 5.27. The molecule has 0 bridgehead atoms. The van der Waals surface area contributed by atoms with Crippen LogP contribution < -0.4 is 5.73 Å². The van der Waals surface area contributed by atoms with E-state index in [9.17, 15) is 4.79 Å². The predicted molar refractivity (Wildman–Crippen MR) is 83.1 cm³/mol. The molecule has 0 unspecified atom stereocenters. The summed E-state index contributed by atoms with van der Waals surface area (Å²) in [6.07, 6.45) is 4.30. The van der Waals surface area contributed by atoms with Crippen molar-refractivity contribution in [1.82, 2.24) is 24.7 Å². The minimum atomic E-state index is 0.139. The van der Waals surface area contributed by atoms with Crippen molar-refractivity contribution in [3.63, 3.8) is 0 Å². The molecule has 0 aliphatic heterocycles. The van der Waals surface area contributed by atoms with Crippen LogP contribution in [0.15, 0.2) is 24.7 Å². The highest BCUT2D eigenvalue weighted by Gasteiger charge is 2.18. The molecule has 0 amide bonds. The monoisotopic (exact) mass is 296 g/mol. The Kier molecular flexibility index (Phi) is 3.54. The van der Waals surface area contributed by atoms with Gasteiger partial charge in [-0.2, -0.15) is 5.10 Å². The Morgan fingerprint density at radius 1 is 1.27 bits per heavy atom. The van der Waals surface area contributed by atoms with Crippen molar-refractivity contribution in [1.29, 1.82) is 0 Å². The summed E-state index contributed by atoms with van der Waals surface area (Å²) < 4.78 is 1.81. The lowest BCUT2D eigenvalue weighted by atomic mass is 10.1. The van der Waals surface area contributed by atoms with Crippen LogP contribution >= 0.6 is 0 Å². The zero-order valence-corrected chi connectivity index (χ0v) is 12.4. The van der Waals surface area contributed by atoms with Crippen LogP contribution in [0.4, 0.5) is 5.82 Å². The molecule has 2 N–H and O–H groups in total. The number of pyridine rings is 1. The van der Waals surface area contributed by atoms with E-state index < -0.39 is 0 Å². The van der Waals surface area contributed by atoms with Crippen molar-refractivity contribution in [3.8, 4) is 11.4 Å². The van der Waals surface area contributed by atoms with Gasteiger partial charge in [-0.15, -0.1) is 0 Å². The van der Waals surface area contributed by atoms with E-state index in [1.165, 1.54) is 6.33 Å². The van der Waals surface area contributed by atoms with Gasteiger partial charge >= 0.3 is 0 Å². The molecule has 3 heterocycles. The summed E-state index contributed by atoms with van der Waals surface area (Å²) in [5.41, 5.74) is 8.89. The fourth-order valence-corrected chi connectivity index (χ4v) is 2.32. The van der Waals surface area contributed by atoms with Gasteiger partial charge in [0, 0.05) is 18.7 Å². The molecule has 112 valence electrons. The predicted octanol–water partition coefficient (Wildman–Crippen LogP) is 1.79. The van der Waals surface area contributed by atoms with Gasteiger partial charge in [0.2, 0.25) is 0 Å². The van der Waals surface area contributed by atoms with Gasteiger partial charge in [-0.05, 0) is 25.5 Å². The normalized spacial score (nSPS) is 11.2.